The zero-order valence-corrected chi connectivity index (χ0v) is 11.7. The highest BCUT2D eigenvalue weighted by Gasteiger charge is 2.09. The molecule has 21 heavy (non-hydrogen) atoms. The molecule has 0 aliphatic rings. The van der Waals surface area contributed by atoms with Crippen LogP contribution in [0.2, 0.25) is 0 Å². The maximum absolute atomic E-state index is 13.5. The van der Waals surface area contributed by atoms with Crippen molar-refractivity contribution in [2.45, 2.75) is 20.1 Å². The minimum atomic E-state index is -0.587. The highest BCUT2D eigenvalue weighted by Crippen LogP contribution is 2.24. The normalized spacial score (nSPS) is 10.5. The molecule has 0 aromatic heterocycles. The summed E-state index contributed by atoms with van der Waals surface area (Å²) in [5.74, 6) is -0.575. The lowest BCUT2D eigenvalue weighted by Crippen LogP contribution is -2.05. The van der Waals surface area contributed by atoms with Gasteiger partial charge in [0.15, 0.2) is 0 Å². The predicted octanol–water partition coefficient (Wildman–Crippen LogP) is 3.47. The summed E-state index contributed by atoms with van der Waals surface area (Å²) in [5, 5.41) is 12.3. The van der Waals surface area contributed by atoms with E-state index in [1.165, 1.54) is 18.2 Å². The average molecular weight is 293 g/mol. The zero-order chi connectivity index (χ0) is 15.2. The van der Waals surface area contributed by atoms with Crippen LogP contribution in [0.3, 0.4) is 0 Å². The van der Waals surface area contributed by atoms with E-state index in [1.54, 1.807) is 18.2 Å². The maximum Gasteiger partial charge on any atom is 0.131 e. The van der Waals surface area contributed by atoms with Crippen LogP contribution in [0.1, 0.15) is 18.1 Å². The minimum Gasteiger partial charge on any atom is -0.494 e. The molecular formula is C16H17F2NO2. The standard InChI is InChI=1S/C16H17F2NO2/c1-2-21-16-7-6-12(8-11(16)10-20)19-9-13-14(17)4-3-5-15(13)18/h3-8,19-20H,2,9-10H2,1H3. The molecule has 0 radical (unpaired) electrons. The molecule has 0 atom stereocenters. The molecular weight excluding hydrogens is 276 g/mol. The summed E-state index contributed by atoms with van der Waals surface area (Å²) in [6.07, 6.45) is 0. The monoisotopic (exact) mass is 293 g/mol. The van der Waals surface area contributed by atoms with Gasteiger partial charge >= 0.3 is 0 Å². The zero-order valence-electron chi connectivity index (χ0n) is 11.7. The van der Waals surface area contributed by atoms with E-state index in [2.05, 4.69) is 5.32 Å². The Morgan fingerprint density at radius 1 is 1.14 bits per heavy atom. The summed E-state index contributed by atoms with van der Waals surface area (Å²) in [4.78, 5) is 0. The van der Waals surface area contributed by atoms with Crippen LogP contribution in [0.15, 0.2) is 36.4 Å². The van der Waals surface area contributed by atoms with Crippen LogP contribution in [-0.2, 0) is 13.2 Å². The van der Waals surface area contributed by atoms with Gasteiger partial charge in [-0.3, -0.25) is 0 Å². The van der Waals surface area contributed by atoms with Gasteiger partial charge in [0.1, 0.15) is 17.4 Å². The van der Waals surface area contributed by atoms with Gasteiger partial charge in [-0.1, -0.05) is 6.07 Å². The molecule has 3 nitrogen and oxygen atoms in total. The van der Waals surface area contributed by atoms with Gasteiger partial charge in [-0.2, -0.15) is 0 Å². The largest absolute Gasteiger partial charge is 0.494 e. The molecule has 0 saturated heterocycles. The predicted molar refractivity (Wildman–Crippen MR) is 77.2 cm³/mol. The lowest BCUT2D eigenvalue weighted by atomic mass is 10.1. The molecule has 0 aliphatic heterocycles. The number of benzene rings is 2. The molecule has 0 spiro atoms. The van der Waals surface area contributed by atoms with Crippen molar-refractivity contribution in [3.63, 3.8) is 0 Å². The van der Waals surface area contributed by atoms with Crippen molar-refractivity contribution in [2.75, 3.05) is 11.9 Å². The number of hydrogen-bond donors (Lipinski definition) is 2. The van der Waals surface area contributed by atoms with Crippen LogP contribution < -0.4 is 10.1 Å². The topological polar surface area (TPSA) is 41.5 Å². The lowest BCUT2D eigenvalue weighted by Gasteiger charge is -2.12. The van der Waals surface area contributed by atoms with Crippen molar-refractivity contribution in [3.05, 3.63) is 59.2 Å². The van der Waals surface area contributed by atoms with E-state index in [-0.39, 0.29) is 18.7 Å². The van der Waals surface area contributed by atoms with Gasteiger partial charge in [-0.25, -0.2) is 8.78 Å². The molecule has 0 unspecified atom stereocenters. The molecule has 0 bridgehead atoms. The average Bonchev–Trinajstić information content (AvgIpc) is 2.48. The molecule has 0 heterocycles. The van der Waals surface area contributed by atoms with Gasteiger partial charge in [0, 0.05) is 23.4 Å². The number of ether oxygens (including phenoxy) is 1. The highest BCUT2D eigenvalue weighted by atomic mass is 19.1. The van der Waals surface area contributed by atoms with Crippen molar-refractivity contribution in [3.8, 4) is 5.75 Å². The fourth-order valence-corrected chi connectivity index (χ4v) is 2.00. The Hall–Kier alpha value is -2.14. The summed E-state index contributed by atoms with van der Waals surface area (Å²) in [6.45, 7) is 2.21. The van der Waals surface area contributed by atoms with Crippen LogP contribution >= 0.6 is 0 Å². The van der Waals surface area contributed by atoms with E-state index in [4.69, 9.17) is 4.74 Å². The first-order valence-electron chi connectivity index (χ1n) is 6.69. The van der Waals surface area contributed by atoms with Gasteiger partial charge < -0.3 is 15.2 Å². The Bertz CT molecular complexity index is 597. The number of rotatable bonds is 6. The van der Waals surface area contributed by atoms with E-state index >= 15 is 0 Å². The van der Waals surface area contributed by atoms with E-state index in [0.717, 1.165) is 0 Å². The van der Waals surface area contributed by atoms with E-state index in [9.17, 15) is 13.9 Å². The summed E-state index contributed by atoms with van der Waals surface area (Å²) in [5.41, 5.74) is 1.26. The van der Waals surface area contributed by atoms with Gasteiger partial charge in [-0.15, -0.1) is 0 Å². The van der Waals surface area contributed by atoms with Crippen molar-refractivity contribution >= 4 is 5.69 Å². The number of aliphatic hydroxyl groups excluding tert-OH is 1. The second-order valence-electron chi connectivity index (χ2n) is 4.47. The Morgan fingerprint density at radius 2 is 1.86 bits per heavy atom. The van der Waals surface area contributed by atoms with Crippen LogP contribution in [-0.4, -0.2) is 11.7 Å². The number of nitrogens with one attached hydrogen (secondary N) is 1. The SMILES string of the molecule is CCOc1ccc(NCc2c(F)cccc2F)cc1CO. The molecule has 0 saturated carbocycles. The second-order valence-corrected chi connectivity index (χ2v) is 4.47. The van der Waals surface area contributed by atoms with Crippen LogP contribution in [0, 0.1) is 11.6 Å². The molecule has 0 aliphatic carbocycles. The highest BCUT2D eigenvalue weighted by molar-refractivity contribution is 5.51. The summed E-state index contributed by atoms with van der Waals surface area (Å²) >= 11 is 0. The number of anilines is 1. The van der Waals surface area contributed by atoms with E-state index < -0.39 is 11.6 Å². The molecule has 2 rings (SSSR count). The molecule has 112 valence electrons. The summed E-state index contributed by atoms with van der Waals surface area (Å²) in [6, 6.07) is 8.92. The fraction of sp³-hybridized carbons (Fsp3) is 0.250. The lowest BCUT2D eigenvalue weighted by molar-refractivity contribution is 0.267. The number of halogens is 2. The van der Waals surface area contributed by atoms with Gasteiger partial charge in [0.05, 0.1) is 13.2 Å². The molecule has 0 amide bonds. The van der Waals surface area contributed by atoms with Gasteiger partial charge in [0.25, 0.3) is 0 Å². The third kappa shape index (κ3) is 3.70. The fourth-order valence-electron chi connectivity index (χ4n) is 2.00. The minimum absolute atomic E-state index is 0.0167. The van der Waals surface area contributed by atoms with Crippen molar-refractivity contribution in [1.82, 2.24) is 0 Å². The molecule has 2 aromatic carbocycles. The molecule has 5 heteroatoms. The Balaban J connectivity index is 2.13. The Labute approximate surface area is 122 Å². The van der Waals surface area contributed by atoms with Gasteiger partial charge in [-0.05, 0) is 37.3 Å². The number of hydrogen-bond acceptors (Lipinski definition) is 3. The third-order valence-electron chi connectivity index (χ3n) is 3.06. The first-order valence-corrected chi connectivity index (χ1v) is 6.69. The number of aliphatic hydroxyl groups is 1. The third-order valence-corrected chi connectivity index (χ3v) is 3.06. The van der Waals surface area contributed by atoms with Gasteiger partial charge in [0.2, 0.25) is 0 Å². The van der Waals surface area contributed by atoms with E-state index in [1.807, 2.05) is 6.92 Å². The van der Waals surface area contributed by atoms with Crippen LogP contribution in [0.25, 0.3) is 0 Å². The summed E-state index contributed by atoms with van der Waals surface area (Å²) in [7, 11) is 0. The van der Waals surface area contributed by atoms with Crippen LogP contribution in [0.4, 0.5) is 14.5 Å². The molecule has 2 aromatic rings. The Morgan fingerprint density at radius 3 is 2.48 bits per heavy atom. The quantitative estimate of drug-likeness (QED) is 0.857. The van der Waals surface area contributed by atoms with Crippen molar-refractivity contribution in [2.24, 2.45) is 0 Å². The first-order chi connectivity index (χ1) is 10.2. The second kappa shape index (κ2) is 7.04. The van der Waals surface area contributed by atoms with E-state index in [0.29, 0.717) is 23.6 Å². The summed E-state index contributed by atoms with van der Waals surface area (Å²) < 4.78 is 32.4. The van der Waals surface area contributed by atoms with Crippen LogP contribution in [0.5, 0.6) is 5.75 Å². The molecule has 0 fully saturated rings. The van der Waals surface area contributed by atoms with Crippen molar-refractivity contribution < 1.29 is 18.6 Å². The Kier molecular flexibility index (Phi) is 5.11. The maximum atomic E-state index is 13.5. The smallest absolute Gasteiger partial charge is 0.131 e. The first kappa shape index (κ1) is 15.3. The molecule has 2 N–H and O–H groups in total. The van der Waals surface area contributed by atoms with Crippen molar-refractivity contribution in [1.29, 1.82) is 0 Å².